The normalized spacial score (nSPS) is 11.2. The van der Waals surface area contributed by atoms with Gasteiger partial charge in [0.25, 0.3) is 0 Å². The van der Waals surface area contributed by atoms with Crippen LogP contribution in [0, 0.1) is 5.82 Å². The van der Waals surface area contributed by atoms with Crippen LogP contribution in [0.2, 0.25) is 0 Å². The molecular weight excluding hydrogens is 249 g/mol. The first-order valence-electron chi connectivity index (χ1n) is 4.77. The van der Waals surface area contributed by atoms with Crippen molar-refractivity contribution in [3.63, 3.8) is 0 Å². The maximum absolute atomic E-state index is 12.9. The summed E-state index contributed by atoms with van der Waals surface area (Å²) < 4.78 is 37.2. The average molecular weight is 261 g/mol. The monoisotopic (exact) mass is 261 g/mol. The van der Waals surface area contributed by atoms with Crippen LogP contribution in [0.3, 0.4) is 0 Å². The fourth-order valence-corrected chi connectivity index (χ4v) is 2.33. The molecule has 1 rings (SSSR count). The van der Waals surface area contributed by atoms with Crippen LogP contribution in [0.4, 0.5) is 10.1 Å². The van der Waals surface area contributed by atoms with E-state index in [-0.39, 0.29) is 5.69 Å². The smallest absolute Gasteiger partial charge is 0.304 e. The minimum absolute atomic E-state index is 0.162. The van der Waals surface area contributed by atoms with E-state index in [0.717, 1.165) is 10.4 Å². The lowest BCUT2D eigenvalue weighted by Gasteiger charge is -2.18. The highest BCUT2D eigenvalue weighted by Crippen LogP contribution is 2.17. The number of hydrogen-bond acceptors (Lipinski definition) is 3. The topological polar surface area (TPSA) is 74.7 Å². The minimum atomic E-state index is -3.74. The number of hydrogen-bond donors (Lipinski definition) is 1. The molecule has 0 atom stereocenters. The van der Waals surface area contributed by atoms with Gasteiger partial charge in [0, 0.05) is 7.05 Å². The van der Waals surface area contributed by atoms with Gasteiger partial charge < -0.3 is 5.11 Å². The molecule has 1 aromatic rings. The van der Waals surface area contributed by atoms with E-state index in [1.165, 1.54) is 25.2 Å². The number of sulfonamides is 1. The highest BCUT2D eigenvalue weighted by atomic mass is 32.2. The Morgan fingerprint density at radius 1 is 1.47 bits per heavy atom. The Labute approximate surface area is 98.5 Å². The minimum Gasteiger partial charge on any atom is -0.481 e. The van der Waals surface area contributed by atoms with E-state index in [2.05, 4.69) is 0 Å². The number of halogens is 1. The van der Waals surface area contributed by atoms with Crippen molar-refractivity contribution in [2.24, 2.45) is 0 Å². The van der Waals surface area contributed by atoms with Gasteiger partial charge in [0.15, 0.2) is 0 Å². The van der Waals surface area contributed by atoms with Crippen molar-refractivity contribution in [1.29, 1.82) is 0 Å². The predicted octanol–water partition coefficient (Wildman–Crippen LogP) is 1.07. The van der Waals surface area contributed by atoms with Crippen LogP contribution in [0.15, 0.2) is 24.3 Å². The zero-order chi connectivity index (χ0) is 13.1. The molecule has 0 heterocycles. The number of carboxylic acid groups (broad SMARTS) is 1. The van der Waals surface area contributed by atoms with Crippen LogP contribution in [0.1, 0.15) is 6.42 Å². The van der Waals surface area contributed by atoms with Gasteiger partial charge in [0.05, 0.1) is 17.9 Å². The Balaban J connectivity index is 2.88. The highest BCUT2D eigenvalue weighted by Gasteiger charge is 2.19. The van der Waals surface area contributed by atoms with Crippen LogP contribution in [-0.2, 0) is 14.8 Å². The molecule has 0 saturated carbocycles. The van der Waals surface area contributed by atoms with Crippen molar-refractivity contribution < 1.29 is 22.7 Å². The molecule has 0 aromatic heterocycles. The van der Waals surface area contributed by atoms with E-state index in [4.69, 9.17) is 5.11 Å². The first-order chi connectivity index (χ1) is 7.83. The summed E-state index contributed by atoms with van der Waals surface area (Å²) in [6.45, 7) is 0. The number of carbonyl (C=O) groups is 1. The second-order valence-electron chi connectivity index (χ2n) is 3.41. The maximum atomic E-state index is 12.9. The number of benzene rings is 1. The van der Waals surface area contributed by atoms with Crippen molar-refractivity contribution in [3.8, 4) is 0 Å². The molecule has 0 bridgehead atoms. The molecule has 0 unspecified atom stereocenters. The molecule has 0 amide bonds. The van der Waals surface area contributed by atoms with E-state index in [1.807, 2.05) is 0 Å². The van der Waals surface area contributed by atoms with Gasteiger partial charge in [-0.3, -0.25) is 9.10 Å². The van der Waals surface area contributed by atoms with Crippen molar-refractivity contribution in [1.82, 2.24) is 0 Å². The molecule has 0 aliphatic carbocycles. The summed E-state index contributed by atoms with van der Waals surface area (Å²) in [7, 11) is -2.48. The van der Waals surface area contributed by atoms with Gasteiger partial charge in [-0.1, -0.05) is 6.07 Å². The fraction of sp³-hybridized carbons (Fsp3) is 0.300. The van der Waals surface area contributed by atoms with Gasteiger partial charge in [0.2, 0.25) is 10.0 Å². The lowest BCUT2D eigenvalue weighted by molar-refractivity contribution is -0.136. The lowest BCUT2D eigenvalue weighted by Crippen LogP contribution is -2.30. The van der Waals surface area contributed by atoms with E-state index in [1.54, 1.807) is 0 Å². The van der Waals surface area contributed by atoms with Gasteiger partial charge >= 0.3 is 5.97 Å². The lowest BCUT2D eigenvalue weighted by atomic mass is 10.3. The number of anilines is 1. The average Bonchev–Trinajstić information content (AvgIpc) is 2.25. The largest absolute Gasteiger partial charge is 0.481 e. The Hall–Kier alpha value is -1.63. The molecule has 5 nitrogen and oxygen atoms in total. The van der Waals surface area contributed by atoms with Crippen LogP contribution in [-0.4, -0.2) is 32.3 Å². The van der Waals surface area contributed by atoms with Crippen molar-refractivity contribution in [3.05, 3.63) is 30.1 Å². The van der Waals surface area contributed by atoms with E-state index in [0.29, 0.717) is 0 Å². The zero-order valence-electron chi connectivity index (χ0n) is 9.13. The standard InChI is InChI=1S/C10H12FNO4S/c1-12(9-4-2-3-8(11)7-9)17(15,16)6-5-10(13)14/h2-4,7H,5-6H2,1H3,(H,13,14). The molecule has 0 fully saturated rings. The van der Waals surface area contributed by atoms with E-state index < -0.39 is 34.0 Å². The molecule has 17 heavy (non-hydrogen) atoms. The fourth-order valence-electron chi connectivity index (χ4n) is 1.19. The van der Waals surface area contributed by atoms with Gasteiger partial charge in [0.1, 0.15) is 5.82 Å². The third-order valence-electron chi connectivity index (χ3n) is 2.16. The van der Waals surface area contributed by atoms with Crippen LogP contribution >= 0.6 is 0 Å². The first kappa shape index (κ1) is 13.4. The zero-order valence-corrected chi connectivity index (χ0v) is 9.95. The molecular formula is C10H12FNO4S. The predicted molar refractivity (Wildman–Crippen MR) is 60.8 cm³/mol. The Bertz CT molecular complexity index is 515. The molecule has 0 radical (unpaired) electrons. The Morgan fingerprint density at radius 2 is 2.12 bits per heavy atom. The van der Waals surface area contributed by atoms with Gasteiger partial charge in [-0.05, 0) is 18.2 Å². The summed E-state index contributed by atoms with van der Waals surface area (Å²) in [6.07, 6.45) is -0.484. The number of nitrogens with zero attached hydrogens (tertiary/aromatic N) is 1. The van der Waals surface area contributed by atoms with E-state index in [9.17, 15) is 17.6 Å². The number of rotatable bonds is 5. The first-order valence-corrected chi connectivity index (χ1v) is 6.38. The quantitative estimate of drug-likeness (QED) is 0.860. The molecule has 0 aliphatic rings. The van der Waals surface area contributed by atoms with Crippen LogP contribution in [0.5, 0.6) is 0 Å². The summed E-state index contributed by atoms with van der Waals surface area (Å²) in [6, 6.07) is 5.08. The summed E-state index contributed by atoms with van der Waals surface area (Å²) in [4.78, 5) is 10.3. The summed E-state index contributed by atoms with van der Waals surface area (Å²) in [5.41, 5.74) is 0.162. The summed E-state index contributed by atoms with van der Waals surface area (Å²) in [5.74, 6) is -2.26. The molecule has 0 spiro atoms. The molecule has 0 aliphatic heterocycles. The number of carboxylic acids is 1. The highest BCUT2D eigenvalue weighted by molar-refractivity contribution is 7.92. The molecule has 94 valence electrons. The Kier molecular flexibility index (Phi) is 4.06. The second-order valence-corrected chi connectivity index (χ2v) is 5.53. The SMILES string of the molecule is CN(c1cccc(F)c1)S(=O)(=O)CCC(=O)O. The van der Waals surface area contributed by atoms with Crippen molar-refractivity contribution >= 4 is 21.7 Å². The molecule has 1 aromatic carbocycles. The number of aliphatic carboxylic acids is 1. The third kappa shape index (κ3) is 3.70. The van der Waals surface area contributed by atoms with Crippen LogP contribution < -0.4 is 4.31 Å². The third-order valence-corrected chi connectivity index (χ3v) is 3.93. The summed E-state index contributed by atoms with van der Waals surface area (Å²) >= 11 is 0. The van der Waals surface area contributed by atoms with Crippen LogP contribution in [0.25, 0.3) is 0 Å². The van der Waals surface area contributed by atoms with Crippen molar-refractivity contribution in [2.75, 3.05) is 17.1 Å². The maximum Gasteiger partial charge on any atom is 0.304 e. The van der Waals surface area contributed by atoms with Gasteiger partial charge in [-0.25, -0.2) is 12.8 Å². The molecule has 7 heteroatoms. The van der Waals surface area contributed by atoms with Gasteiger partial charge in [-0.15, -0.1) is 0 Å². The second kappa shape index (κ2) is 5.13. The van der Waals surface area contributed by atoms with E-state index >= 15 is 0 Å². The molecule has 0 saturated heterocycles. The molecule has 1 N–H and O–H groups in total. The van der Waals surface area contributed by atoms with Crippen molar-refractivity contribution in [2.45, 2.75) is 6.42 Å². The summed E-state index contributed by atoms with van der Waals surface area (Å²) in [5, 5.41) is 8.43. The van der Waals surface area contributed by atoms with Gasteiger partial charge in [-0.2, -0.15) is 0 Å². The Morgan fingerprint density at radius 3 is 2.65 bits per heavy atom.